The lowest BCUT2D eigenvalue weighted by molar-refractivity contribution is -0.119. The fraction of sp³-hybridized carbons (Fsp3) is 0.261. The summed E-state index contributed by atoms with van der Waals surface area (Å²) in [6, 6.07) is 16.1. The van der Waals surface area contributed by atoms with Crippen molar-refractivity contribution < 1.29 is 14.3 Å². The van der Waals surface area contributed by atoms with Crippen LogP contribution in [0.2, 0.25) is 5.15 Å². The first kappa shape index (κ1) is 20.2. The van der Waals surface area contributed by atoms with Gasteiger partial charge in [-0.2, -0.15) is 0 Å². The summed E-state index contributed by atoms with van der Waals surface area (Å²) in [5.74, 6) is -0.953. The van der Waals surface area contributed by atoms with Crippen LogP contribution < -0.4 is 10.2 Å². The van der Waals surface area contributed by atoms with E-state index in [0.29, 0.717) is 21.9 Å². The van der Waals surface area contributed by atoms with Crippen molar-refractivity contribution in [1.29, 1.82) is 0 Å². The molecule has 0 atom stereocenters. The van der Waals surface area contributed by atoms with Gasteiger partial charge in [0.05, 0.1) is 11.1 Å². The number of amides is 1. The minimum Gasteiger partial charge on any atom is -0.452 e. The van der Waals surface area contributed by atoms with E-state index in [4.69, 9.17) is 16.3 Å². The van der Waals surface area contributed by atoms with Crippen LogP contribution in [0.4, 0.5) is 11.4 Å². The van der Waals surface area contributed by atoms with E-state index in [1.807, 2.05) is 24.3 Å². The molecule has 1 aliphatic rings. The number of carbonyl (C=O) groups excluding carboxylic acids is 2. The Hall–Kier alpha value is -3.12. The third-order valence-electron chi connectivity index (χ3n) is 5.10. The maximum absolute atomic E-state index is 12.3. The maximum atomic E-state index is 12.3. The summed E-state index contributed by atoms with van der Waals surface area (Å²) in [5, 5.41) is 3.91. The van der Waals surface area contributed by atoms with Crippen molar-refractivity contribution in [3.8, 4) is 0 Å². The molecule has 154 valence electrons. The van der Waals surface area contributed by atoms with Crippen molar-refractivity contribution >= 4 is 45.8 Å². The largest absolute Gasteiger partial charge is 0.452 e. The lowest BCUT2D eigenvalue weighted by Gasteiger charge is -2.28. The van der Waals surface area contributed by atoms with Gasteiger partial charge in [-0.15, -0.1) is 0 Å². The number of nitrogens with zero attached hydrogens (tertiary/aromatic N) is 2. The van der Waals surface area contributed by atoms with Crippen molar-refractivity contribution in [3.63, 3.8) is 0 Å². The van der Waals surface area contributed by atoms with Crippen LogP contribution in [0.3, 0.4) is 0 Å². The number of aromatic nitrogens is 1. The normalized spacial score (nSPS) is 13.8. The first-order chi connectivity index (χ1) is 14.6. The molecule has 0 radical (unpaired) electrons. The molecule has 7 heteroatoms. The predicted molar refractivity (Wildman–Crippen MR) is 118 cm³/mol. The van der Waals surface area contributed by atoms with Gasteiger partial charge in [-0.05, 0) is 73.9 Å². The predicted octanol–water partition coefficient (Wildman–Crippen LogP) is 4.67. The standard InChI is InChI=1S/C23H22ClN3O3/c24-21-11-5-16-14-17(4-10-20(16)26-21)23(29)30-15-22(28)25-18-6-8-19(9-7-18)27-12-2-1-3-13-27/h4-11,14H,1-3,12-13,15H2,(H,25,28). The SMILES string of the molecule is O=C(COC(=O)c1ccc2nc(Cl)ccc2c1)Nc1ccc(N2CCCCC2)cc1. The van der Waals surface area contributed by atoms with E-state index in [1.165, 1.54) is 19.3 Å². The quantitative estimate of drug-likeness (QED) is 0.476. The van der Waals surface area contributed by atoms with Crippen molar-refractivity contribution in [2.24, 2.45) is 0 Å². The van der Waals surface area contributed by atoms with Gasteiger partial charge >= 0.3 is 5.97 Å². The highest BCUT2D eigenvalue weighted by Crippen LogP contribution is 2.22. The number of hydrogen-bond donors (Lipinski definition) is 1. The molecule has 6 nitrogen and oxygen atoms in total. The summed E-state index contributed by atoms with van der Waals surface area (Å²) in [6.45, 7) is 1.78. The number of halogens is 1. The van der Waals surface area contributed by atoms with E-state index in [1.54, 1.807) is 30.3 Å². The van der Waals surface area contributed by atoms with E-state index in [0.717, 1.165) is 24.2 Å². The van der Waals surface area contributed by atoms with Crippen LogP contribution in [-0.4, -0.2) is 36.6 Å². The summed E-state index contributed by atoms with van der Waals surface area (Å²) in [6.07, 6.45) is 3.71. The van der Waals surface area contributed by atoms with Gasteiger partial charge in [0.1, 0.15) is 5.15 Å². The van der Waals surface area contributed by atoms with Crippen LogP contribution in [0.1, 0.15) is 29.6 Å². The molecule has 2 heterocycles. The molecule has 1 amide bonds. The first-order valence-electron chi connectivity index (χ1n) is 9.97. The molecule has 1 saturated heterocycles. The average Bonchev–Trinajstić information content (AvgIpc) is 2.78. The van der Waals surface area contributed by atoms with Gasteiger partial charge in [-0.3, -0.25) is 4.79 Å². The highest BCUT2D eigenvalue weighted by molar-refractivity contribution is 6.29. The lowest BCUT2D eigenvalue weighted by Crippen LogP contribution is -2.29. The zero-order valence-corrected chi connectivity index (χ0v) is 17.2. The van der Waals surface area contributed by atoms with Crippen molar-refractivity contribution in [1.82, 2.24) is 4.98 Å². The number of fused-ring (bicyclic) bond motifs is 1. The fourth-order valence-electron chi connectivity index (χ4n) is 3.55. The number of pyridine rings is 1. The van der Waals surface area contributed by atoms with Gasteiger partial charge in [-0.1, -0.05) is 11.6 Å². The number of rotatable bonds is 5. The van der Waals surface area contributed by atoms with E-state index >= 15 is 0 Å². The van der Waals surface area contributed by atoms with Gasteiger partial charge in [0.25, 0.3) is 5.91 Å². The molecule has 30 heavy (non-hydrogen) atoms. The van der Waals surface area contributed by atoms with Gasteiger partial charge in [0.15, 0.2) is 6.61 Å². The van der Waals surface area contributed by atoms with E-state index in [-0.39, 0.29) is 12.5 Å². The fourth-order valence-corrected chi connectivity index (χ4v) is 3.70. The number of ether oxygens (including phenoxy) is 1. The summed E-state index contributed by atoms with van der Waals surface area (Å²) >= 11 is 5.87. The molecule has 1 N–H and O–H groups in total. The summed E-state index contributed by atoms with van der Waals surface area (Å²) < 4.78 is 5.15. The molecular formula is C23H22ClN3O3. The summed E-state index contributed by atoms with van der Waals surface area (Å²) in [5.41, 5.74) is 2.87. The maximum Gasteiger partial charge on any atom is 0.338 e. The lowest BCUT2D eigenvalue weighted by atomic mass is 10.1. The Labute approximate surface area is 179 Å². The summed E-state index contributed by atoms with van der Waals surface area (Å²) in [4.78, 5) is 31.0. The number of hydrogen-bond acceptors (Lipinski definition) is 5. The van der Waals surface area contributed by atoms with Crippen LogP contribution in [0.25, 0.3) is 10.9 Å². The molecule has 3 aromatic rings. The van der Waals surface area contributed by atoms with E-state index in [9.17, 15) is 9.59 Å². The smallest absolute Gasteiger partial charge is 0.338 e. The Kier molecular flexibility index (Phi) is 6.14. The Morgan fingerprint density at radius 2 is 1.77 bits per heavy atom. The van der Waals surface area contributed by atoms with E-state index < -0.39 is 5.97 Å². The number of piperidine rings is 1. The minimum absolute atomic E-state index is 0.352. The summed E-state index contributed by atoms with van der Waals surface area (Å²) in [7, 11) is 0. The van der Waals surface area contributed by atoms with Crippen molar-refractivity contribution in [3.05, 3.63) is 65.3 Å². The molecule has 2 aromatic carbocycles. The average molecular weight is 424 g/mol. The highest BCUT2D eigenvalue weighted by Gasteiger charge is 2.13. The van der Waals surface area contributed by atoms with Crippen LogP contribution in [0, 0.1) is 0 Å². The topological polar surface area (TPSA) is 71.5 Å². The monoisotopic (exact) mass is 423 g/mol. The molecule has 0 unspecified atom stereocenters. The molecule has 1 aliphatic heterocycles. The van der Waals surface area contributed by atoms with Crippen LogP contribution in [0.5, 0.6) is 0 Å². The first-order valence-corrected chi connectivity index (χ1v) is 10.3. The second kappa shape index (κ2) is 9.13. The number of benzene rings is 2. The second-order valence-corrected chi connectivity index (χ2v) is 7.65. The molecule has 0 saturated carbocycles. The molecule has 0 spiro atoms. The zero-order chi connectivity index (χ0) is 20.9. The molecule has 0 aliphatic carbocycles. The Morgan fingerprint density at radius 3 is 2.53 bits per heavy atom. The number of carbonyl (C=O) groups is 2. The highest BCUT2D eigenvalue weighted by atomic mass is 35.5. The van der Waals surface area contributed by atoms with Crippen molar-refractivity contribution in [2.45, 2.75) is 19.3 Å². The molecule has 4 rings (SSSR count). The number of nitrogens with one attached hydrogen (secondary N) is 1. The second-order valence-electron chi connectivity index (χ2n) is 7.26. The van der Waals surface area contributed by atoms with Gasteiger partial charge in [-0.25, -0.2) is 9.78 Å². The molecule has 0 bridgehead atoms. The van der Waals surface area contributed by atoms with Gasteiger partial charge in [0.2, 0.25) is 0 Å². The Morgan fingerprint density at radius 1 is 1.00 bits per heavy atom. The third-order valence-corrected chi connectivity index (χ3v) is 5.31. The van der Waals surface area contributed by atoms with Gasteiger partial charge < -0.3 is 15.0 Å². The number of esters is 1. The minimum atomic E-state index is -0.567. The van der Waals surface area contributed by atoms with Gasteiger partial charge in [0, 0.05) is 29.9 Å². The van der Waals surface area contributed by atoms with Crippen LogP contribution in [0.15, 0.2) is 54.6 Å². The molecule has 1 aromatic heterocycles. The van der Waals surface area contributed by atoms with Crippen LogP contribution in [-0.2, 0) is 9.53 Å². The Balaban J connectivity index is 1.31. The molecular weight excluding hydrogens is 402 g/mol. The third kappa shape index (κ3) is 4.89. The van der Waals surface area contributed by atoms with E-state index in [2.05, 4.69) is 15.2 Å². The number of anilines is 2. The molecule has 1 fully saturated rings. The van der Waals surface area contributed by atoms with Crippen LogP contribution >= 0.6 is 11.6 Å². The Bertz CT molecular complexity index is 1060. The zero-order valence-electron chi connectivity index (χ0n) is 16.4. The van der Waals surface area contributed by atoms with Crippen molar-refractivity contribution in [2.75, 3.05) is 29.9 Å².